The van der Waals surface area contributed by atoms with E-state index in [1.54, 1.807) is 6.07 Å². The first-order chi connectivity index (χ1) is 9.65. The average Bonchev–Trinajstić information content (AvgIpc) is 2.45. The number of nitrogens with zero attached hydrogens (tertiary/aromatic N) is 1. The van der Waals surface area contributed by atoms with Crippen LogP contribution in [0.25, 0.3) is 0 Å². The van der Waals surface area contributed by atoms with Gasteiger partial charge >= 0.3 is 0 Å². The van der Waals surface area contributed by atoms with Gasteiger partial charge in [0.15, 0.2) is 6.61 Å². The zero-order chi connectivity index (χ0) is 14.5. The highest BCUT2D eigenvalue weighted by Crippen LogP contribution is 2.34. The minimum absolute atomic E-state index is 0.0260. The number of anilines is 2. The molecule has 0 bridgehead atoms. The molecule has 1 unspecified atom stereocenters. The predicted molar refractivity (Wildman–Crippen MR) is 82.0 cm³/mol. The minimum Gasteiger partial charge on any atom is -0.482 e. The van der Waals surface area contributed by atoms with E-state index >= 15 is 0 Å². The van der Waals surface area contributed by atoms with E-state index in [0.29, 0.717) is 11.6 Å². The Morgan fingerprint density at radius 3 is 2.90 bits per heavy atom. The van der Waals surface area contributed by atoms with Crippen LogP contribution in [0.1, 0.15) is 39.5 Å². The van der Waals surface area contributed by atoms with Crippen molar-refractivity contribution in [3.8, 4) is 5.75 Å². The lowest BCUT2D eigenvalue weighted by Gasteiger charge is -2.32. The molecule has 4 nitrogen and oxygen atoms in total. The van der Waals surface area contributed by atoms with E-state index in [9.17, 15) is 4.79 Å². The second-order valence-electron chi connectivity index (χ2n) is 5.44. The van der Waals surface area contributed by atoms with Crippen molar-refractivity contribution in [2.45, 2.75) is 39.5 Å². The summed E-state index contributed by atoms with van der Waals surface area (Å²) >= 11 is 0. The fraction of sp³-hybridized carbons (Fsp3) is 0.562. The standard InChI is InChI=1S/C16H24N2O2/c1-3-5-6-12(4-2)10-18-14-9-13(17)7-8-15(14)20-11-16(18)19/h7-9,12H,3-6,10-11,17H2,1-2H3. The number of carbonyl (C=O) groups is 1. The van der Waals surface area contributed by atoms with Crippen LogP contribution in [0.3, 0.4) is 0 Å². The van der Waals surface area contributed by atoms with Crippen LogP contribution in [0.4, 0.5) is 11.4 Å². The molecule has 0 aliphatic carbocycles. The average molecular weight is 276 g/mol. The summed E-state index contributed by atoms with van der Waals surface area (Å²) in [4.78, 5) is 14.0. The number of nitrogen functional groups attached to an aromatic ring is 1. The first-order valence-corrected chi connectivity index (χ1v) is 7.48. The van der Waals surface area contributed by atoms with Gasteiger partial charge in [-0.25, -0.2) is 0 Å². The second-order valence-corrected chi connectivity index (χ2v) is 5.44. The molecule has 1 aliphatic heterocycles. The number of unbranched alkanes of at least 4 members (excludes halogenated alkanes) is 1. The van der Waals surface area contributed by atoms with Gasteiger partial charge in [0.25, 0.3) is 5.91 Å². The van der Waals surface area contributed by atoms with Crippen LogP contribution in [-0.4, -0.2) is 19.1 Å². The summed E-state index contributed by atoms with van der Waals surface area (Å²) < 4.78 is 5.47. The van der Waals surface area contributed by atoms with Crippen molar-refractivity contribution in [1.29, 1.82) is 0 Å². The zero-order valence-corrected chi connectivity index (χ0v) is 12.4. The molecule has 0 radical (unpaired) electrons. The lowest BCUT2D eigenvalue weighted by atomic mass is 9.98. The van der Waals surface area contributed by atoms with Crippen LogP contribution in [0, 0.1) is 5.92 Å². The highest BCUT2D eigenvalue weighted by molar-refractivity contribution is 5.98. The third kappa shape index (κ3) is 3.24. The van der Waals surface area contributed by atoms with Crippen molar-refractivity contribution in [3.63, 3.8) is 0 Å². The molecule has 0 aromatic heterocycles. The van der Waals surface area contributed by atoms with Crippen molar-refractivity contribution >= 4 is 17.3 Å². The molecule has 1 amide bonds. The SMILES string of the molecule is CCCCC(CC)CN1C(=O)COc2ccc(N)cc21. The van der Waals surface area contributed by atoms with E-state index < -0.39 is 0 Å². The first kappa shape index (κ1) is 14.7. The Balaban J connectivity index is 2.18. The molecule has 0 saturated carbocycles. The van der Waals surface area contributed by atoms with E-state index in [2.05, 4.69) is 13.8 Å². The van der Waals surface area contributed by atoms with E-state index in [0.717, 1.165) is 30.8 Å². The molecule has 1 aromatic carbocycles. The summed E-state index contributed by atoms with van der Waals surface area (Å²) in [7, 11) is 0. The van der Waals surface area contributed by atoms with Gasteiger partial charge in [0.1, 0.15) is 5.75 Å². The van der Waals surface area contributed by atoms with Gasteiger partial charge in [-0.05, 0) is 30.5 Å². The topological polar surface area (TPSA) is 55.6 Å². The quantitative estimate of drug-likeness (QED) is 0.812. The monoisotopic (exact) mass is 276 g/mol. The van der Waals surface area contributed by atoms with Gasteiger partial charge in [0, 0.05) is 12.2 Å². The normalized spacial score (nSPS) is 15.7. The van der Waals surface area contributed by atoms with Crippen LogP contribution in [0.5, 0.6) is 5.75 Å². The van der Waals surface area contributed by atoms with Crippen LogP contribution in [0.15, 0.2) is 18.2 Å². The molecule has 0 saturated heterocycles. The number of ether oxygens (including phenoxy) is 1. The molecule has 1 aliphatic rings. The molecule has 0 fully saturated rings. The number of fused-ring (bicyclic) bond motifs is 1. The molecule has 4 heteroatoms. The third-order valence-corrected chi connectivity index (χ3v) is 3.91. The molecule has 1 aromatic rings. The largest absolute Gasteiger partial charge is 0.482 e. The number of benzene rings is 1. The Hall–Kier alpha value is -1.71. The van der Waals surface area contributed by atoms with Gasteiger partial charge in [-0.3, -0.25) is 4.79 Å². The fourth-order valence-electron chi connectivity index (χ4n) is 2.59. The highest BCUT2D eigenvalue weighted by atomic mass is 16.5. The summed E-state index contributed by atoms with van der Waals surface area (Å²) in [5.74, 6) is 1.31. The number of hydrogen-bond donors (Lipinski definition) is 1. The molecular formula is C16H24N2O2. The van der Waals surface area contributed by atoms with E-state index in [1.165, 1.54) is 12.8 Å². The van der Waals surface area contributed by atoms with Crippen molar-refractivity contribution in [1.82, 2.24) is 0 Å². The Labute approximate surface area is 120 Å². The minimum atomic E-state index is 0.0260. The smallest absolute Gasteiger partial charge is 0.265 e. The van der Waals surface area contributed by atoms with Gasteiger partial charge < -0.3 is 15.4 Å². The van der Waals surface area contributed by atoms with Gasteiger partial charge in [0.2, 0.25) is 0 Å². The van der Waals surface area contributed by atoms with Crippen LogP contribution in [0.2, 0.25) is 0 Å². The van der Waals surface area contributed by atoms with Crippen molar-refractivity contribution in [2.75, 3.05) is 23.8 Å². The van der Waals surface area contributed by atoms with Gasteiger partial charge in [-0.15, -0.1) is 0 Å². The number of hydrogen-bond acceptors (Lipinski definition) is 3. The summed E-state index contributed by atoms with van der Waals surface area (Å²) in [5, 5.41) is 0. The molecule has 0 spiro atoms. The lowest BCUT2D eigenvalue weighted by molar-refractivity contribution is -0.121. The lowest BCUT2D eigenvalue weighted by Crippen LogP contribution is -2.41. The van der Waals surface area contributed by atoms with Crippen molar-refractivity contribution in [2.24, 2.45) is 5.92 Å². The molecule has 1 atom stereocenters. The number of amides is 1. The van der Waals surface area contributed by atoms with Crippen LogP contribution >= 0.6 is 0 Å². The van der Waals surface area contributed by atoms with Gasteiger partial charge in [0.05, 0.1) is 5.69 Å². The molecule has 110 valence electrons. The zero-order valence-electron chi connectivity index (χ0n) is 12.4. The third-order valence-electron chi connectivity index (χ3n) is 3.91. The van der Waals surface area contributed by atoms with Gasteiger partial charge in [-0.1, -0.05) is 33.1 Å². The fourth-order valence-corrected chi connectivity index (χ4v) is 2.59. The Morgan fingerprint density at radius 2 is 2.20 bits per heavy atom. The van der Waals surface area contributed by atoms with Gasteiger partial charge in [-0.2, -0.15) is 0 Å². The second kappa shape index (κ2) is 6.64. The Morgan fingerprint density at radius 1 is 1.40 bits per heavy atom. The maximum atomic E-state index is 12.2. The molecule has 2 rings (SSSR count). The number of nitrogens with two attached hydrogens (primary N) is 1. The maximum absolute atomic E-state index is 12.2. The molecule has 20 heavy (non-hydrogen) atoms. The van der Waals surface area contributed by atoms with E-state index in [1.807, 2.05) is 17.0 Å². The number of carbonyl (C=O) groups excluding carboxylic acids is 1. The molecule has 1 heterocycles. The first-order valence-electron chi connectivity index (χ1n) is 7.48. The molecular weight excluding hydrogens is 252 g/mol. The van der Waals surface area contributed by atoms with Crippen molar-refractivity contribution < 1.29 is 9.53 Å². The Kier molecular flexibility index (Phi) is 4.88. The van der Waals surface area contributed by atoms with E-state index in [4.69, 9.17) is 10.5 Å². The molecule has 2 N–H and O–H groups in total. The van der Waals surface area contributed by atoms with Crippen LogP contribution < -0.4 is 15.4 Å². The summed E-state index contributed by atoms with van der Waals surface area (Å²) in [6.45, 7) is 5.27. The van der Waals surface area contributed by atoms with Crippen LogP contribution in [-0.2, 0) is 4.79 Å². The predicted octanol–water partition coefficient (Wildman–Crippen LogP) is 3.21. The summed E-state index contributed by atoms with van der Waals surface area (Å²) in [5.41, 5.74) is 7.32. The summed E-state index contributed by atoms with van der Waals surface area (Å²) in [6.07, 6.45) is 4.65. The Bertz CT molecular complexity index is 474. The number of rotatable bonds is 6. The van der Waals surface area contributed by atoms with E-state index in [-0.39, 0.29) is 12.5 Å². The summed E-state index contributed by atoms with van der Waals surface area (Å²) in [6, 6.07) is 5.48. The maximum Gasteiger partial charge on any atom is 0.265 e. The highest BCUT2D eigenvalue weighted by Gasteiger charge is 2.27. The van der Waals surface area contributed by atoms with Crippen molar-refractivity contribution in [3.05, 3.63) is 18.2 Å².